The van der Waals surface area contributed by atoms with Gasteiger partial charge >= 0.3 is 0 Å². The lowest BCUT2D eigenvalue weighted by molar-refractivity contribution is 0.197. The van der Waals surface area contributed by atoms with Gasteiger partial charge in [0.15, 0.2) is 0 Å². The van der Waals surface area contributed by atoms with Crippen LogP contribution in [0.4, 0.5) is 5.69 Å². The first-order valence-corrected chi connectivity index (χ1v) is 6.83. The summed E-state index contributed by atoms with van der Waals surface area (Å²) in [5.41, 5.74) is 0.642. The predicted octanol–water partition coefficient (Wildman–Crippen LogP) is 3.97. The second kappa shape index (κ2) is 5.13. The number of para-hydroxylation sites is 2. The third kappa shape index (κ3) is 3.01. The van der Waals surface area contributed by atoms with Crippen LogP contribution in [0.25, 0.3) is 0 Å². The number of anilines is 1. The van der Waals surface area contributed by atoms with E-state index in [1.54, 1.807) is 7.11 Å². The van der Waals surface area contributed by atoms with Gasteiger partial charge in [-0.2, -0.15) is 5.26 Å². The first kappa shape index (κ1) is 13.7. The molecule has 1 saturated carbocycles. The lowest BCUT2D eigenvalue weighted by atomic mass is 9.68. The number of nitrogens with one attached hydrogen (secondary N) is 1. The Hall–Kier alpha value is -1.69. The topological polar surface area (TPSA) is 45.0 Å². The van der Waals surface area contributed by atoms with E-state index in [-0.39, 0.29) is 5.41 Å². The van der Waals surface area contributed by atoms with E-state index in [9.17, 15) is 5.26 Å². The number of rotatable bonds is 3. The molecule has 1 atom stereocenters. The lowest BCUT2D eigenvalue weighted by Crippen LogP contribution is -2.44. The highest BCUT2D eigenvalue weighted by Crippen LogP contribution is 2.43. The van der Waals surface area contributed by atoms with E-state index in [1.807, 2.05) is 24.3 Å². The van der Waals surface area contributed by atoms with Crippen LogP contribution in [-0.4, -0.2) is 12.6 Å². The fourth-order valence-corrected chi connectivity index (χ4v) is 3.10. The van der Waals surface area contributed by atoms with Crippen molar-refractivity contribution in [2.75, 3.05) is 12.4 Å². The van der Waals surface area contributed by atoms with Crippen LogP contribution in [0.1, 0.15) is 39.5 Å². The third-order valence-electron chi connectivity index (χ3n) is 3.93. The molecule has 1 fully saturated rings. The normalized spacial score (nSPS) is 25.4. The maximum Gasteiger partial charge on any atom is 0.141 e. The summed E-state index contributed by atoms with van der Waals surface area (Å²) < 4.78 is 5.36. The first-order valence-electron chi connectivity index (χ1n) is 6.83. The van der Waals surface area contributed by atoms with Crippen molar-refractivity contribution in [3.63, 3.8) is 0 Å². The molecule has 0 aliphatic heterocycles. The number of nitrogens with zero attached hydrogens (tertiary/aromatic N) is 1. The summed E-state index contributed by atoms with van der Waals surface area (Å²) in [5, 5.41) is 13.1. The molecule has 1 aliphatic rings. The van der Waals surface area contributed by atoms with Gasteiger partial charge in [-0.1, -0.05) is 26.0 Å². The van der Waals surface area contributed by atoms with Crippen LogP contribution in [0.3, 0.4) is 0 Å². The molecule has 1 aliphatic carbocycles. The first-order chi connectivity index (χ1) is 9.00. The van der Waals surface area contributed by atoms with Crippen molar-refractivity contribution in [2.24, 2.45) is 5.41 Å². The molecule has 0 bridgehead atoms. The standard InChI is InChI=1S/C16H22N2O/c1-15(2)9-6-10-16(11-15,12-17)18-13-7-4-5-8-14(13)19-3/h4-5,7-8,18H,6,9-11H2,1-3H3. The SMILES string of the molecule is COc1ccccc1NC1(C#N)CCCC(C)(C)C1. The minimum Gasteiger partial charge on any atom is -0.495 e. The van der Waals surface area contributed by atoms with Crippen LogP contribution in [0.5, 0.6) is 5.75 Å². The quantitative estimate of drug-likeness (QED) is 0.892. The van der Waals surface area contributed by atoms with E-state index >= 15 is 0 Å². The van der Waals surface area contributed by atoms with E-state index in [4.69, 9.17) is 4.74 Å². The van der Waals surface area contributed by atoms with Crippen LogP contribution in [0.15, 0.2) is 24.3 Å². The fraction of sp³-hybridized carbons (Fsp3) is 0.562. The van der Waals surface area contributed by atoms with Crippen LogP contribution in [0, 0.1) is 16.7 Å². The van der Waals surface area contributed by atoms with Gasteiger partial charge in [-0.25, -0.2) is 0 Å². The van der Waals surface area contributed by atoms with Crippen LogP contribution in [-0.2, 0) is 0 Å². The van der Waals surface area contributed by atoms with Gasteiger partial charge in [-0.15, -0.1) is 0 Å². The molecule has 1 aromatic rings. The Morgan fingerprint density at radius 1 is 1.26 bits per heavy atom. The minimum atomic E-state index is -0.476. The molecule has 0 saturated heterocycles. The van der Waals surface area contributed by atoms with Gasteiger partial charge in [0, 0.05) is 0 Å². The molecule has 1 N–H and O–H groups in total. The zero-order valence-electron chi connectivity index (χ0n) is 12.0. The molecular weight excluding hydrogens is 236 g/mol. The Kier molecular flexibility index (Phi) is 3.71. The van der Waals surface area contributed by atoms with E-state index in [0.29, 0.717) is 0 Å². The summed E-state index contributed by atoms with van der Waals surface area (Å²) in [5.74, 6) is 0.792. The van der Waals surface area contributed by atoms with Gasteiger partial charge < -0.3 is 10.1 Å². The molecular formula is C16H22N2O. The Morgan fingerprint density at radius 2 is 2.00 bits per heavy atom. The van der Waals surface area contributed by atoms with Gasteiger partial charge in [0.05, 0.1) is 18.9 Å². The van der Waals surface area contributed by atoms with Crippen molar-refractivity contribution in [1.29, 1.82) is 5.26 Å². The Labute approximate surface area is 115 Å². The van der Waals surface area contributed by atoms with E-state index < -0.39 is 5.54 Å². The Balaban J connectivity index is 2.26. The summed E-state index contributed by atoms with van der Waals surface area (Å²) in [6.45, 7) is 4.48. The number of hydrogen-bond donors (Lipinski definition) is 1. The van der Waals surface area contributed by atoms with Crippen LogP contribution < -0.4 is 10.1 Å². The summed E-state index contributed by atoms with van der Waals surface area (Å²) in [6, 6.07) is 10.3. The minimum absolute atomic E-state index is 0.211. The predicted molar refractivity (Wildman–Crippen MR) is 77.2 cm³/mol. The summed E-state index contributed by atoms with van der Waals surface area (Å²) >= 11 is 0. The number of methoxy groups -OCH3 is 1. The largest absolute Gasteiger partial charge is 0.495 e. The van der Waals surface area contributed by atoms with Crippen molar-refractivity contribution in [1.82, 2.24) is 0 Å². The highest BCUT2D eigenvalue weighted by molar-refractivity contribution is 5.59. The second-order valence-electron chi connectivity index (χ2n) is 6.21. The summed E-state index contributed by atoms with van der Waals surface area (Å²) in [6.07, 6.45) is 4.03. The maximum absolute atomic E-state index is 9.65. The zero-order valence-corrected chi connectivity index (χ0v) is 12.0. The zero-order chi connectivity index (χ0) is 13.9. The van der Waals surface area contributed by atoms with Gasteiger partial charge in [-0.3, -0.25) is 0 Å². The van der Waals surface area contributed by atoms with E-state index in [0.717, 1.165) is 30.7 Å². The third-order valence-corrected chi connectivity index (χ3v) is 3.93. The molecule has 0 spiro atoms. The Morgan fingerprint density at radius 3 is 2.63 bits per heavy atom. The van der Waals surface area contributed by atoms with E-state index in [2.05, 4.69) is 25.2 Å². The molecule has 19 heavy (non-hydrogen) atoms. The smallest absolute Gasteiger partial charge is 0.141 e. The van der Waals surface area contributed by atoms with Crippen molar-refractivity contribution < 1.29 is 4.74 Å². The van der Waals surface area contributed by atoms with Gasteiger partial charge in [0.1, 0.15) is 11.3 Å². The highest BCUT2D eigenvalue weighted by atomic mass is 16.5. The number of hydrogen-bond acceptors (Lipinski definition) is 3. The average molecular weight is 258 g/mol. The highest BCUT2D eigenvalue weighted by Gasteiger charge is 2.40. The molecule has 1 aromatic carbocycles. The molecule has 0 radical (unpaired) electrons. The van der Waals surface area contributed by atoms with Crippen LogP contribution in [0.2, 0.25) is 0 Å². The monoisotopic (exact) mass is 258 g/mol. The number of nitriles is 1. The maximum atomic E-state index is 9.65. The second-order valence-corrected chi connectivity index (χ2v) is 6.21. The van der Waals surface area contributed by atoms with Gasteiger partial charge in [0.2, 0.25) is 0 Å². The van der Waals surface area contributed by atoms with Crippen molar-refractivity contribution in [3.8, 4) is 11.8 Å². The Bertz CT molecular complexity index is 490. The number of benzene rings is 1. The molecule has 3 heteroatoms. The van der Waals surface area contributed by atoms with Gasteiger partial charge in [-0.05, 0) is 43.2 Å². The lowest BCUT2D eigenvalue weighted by Gasteiger charge is -2.41. The summed E-state index contributed by atoms with van der Waals surface area (Å²) in [7, 11) is 1.66. The van der Waals surface area contributed by atoms with E-state index in [1.165, 1.54) is 6.42 Å². The summed E-state index contributed by atoms with van der Waals surface area (Å²) in [4.78, 5) is 0. The molecule has 0 amide bonds. The van der Waals surface area contributed by atoms with Crippen LogP contribution >= 0.6 is 0 Å². The van der Waals surface area contributed by atoms with Crippen molar-refractivity contribution in [3.05, 3.63) is 24.3 Å². The molecule has 0 aromatic heterocycles. The molecule has 1 unspecified atom stereocenters. The molecule has 102 valence electrons. The fourth-order valence-electron chi connectivity index (χ4n) is 3.10. The molecule has 2 rings (SSSR count). The molecule has 3 nitrogen and oxygen atoms in total. The average Bonchev–Trinajstić information content (AvgIpc) is 2.38. The van der Waals surface area contributed by atoms with Crippen molar-refractivity contribution in [2.45, 2.75) is 45.1 Å². The number of ether oxygens (including phenoxy) is 1. The van der Waals surface area contributed by atoms with Crippen molar-refractivity contribution >= 4 is 5.69 Å². The van der Waals surface area contributed by atoms with Gasteiger partial charge in [0.25, 0.3) is 0 Å². The molecule has 0 heterocycles.